The van der Waals surface area contributed by atoms with E-state index in [-0.39, 0.29) is 6.10 Å². The molecule has 0 amide bonds. The number of likely N-dealkylation sites (tertiary alicyclic amines) is 1. The van der Waals surface area contributed by atoms with Crippen LogP contribution in [0.1, 0.15) is 36.9 Å². The van der Waals surface area contributed by atoms with Gasteiger partial charge in [-0.1, -0.05) is 28.9 Å². The molecule has 5 nitrogen and oxygen atoms in total. The molecule has 1 saturated carbocycles. The summed E-state index contributed by atoms with van der Waals surface area (Å²) < 4.78 is 11.3. The second-order valence-corrected chi connectivity index (χ2v) is 6.42. The fourth-order valence-electron chi connectivity index (χ4n) is 2.78. The highest BCUT2D eigenvalue weighted by Crippen LogP contribution is 2.38. The topological polar surface area (TPSA) is 51.4 Å². The van der Waals surface area contributed by atoms with E-state index in [0.29, 0.717) is 10.9 Å². The van der Waals surface area contributed by atoms with E-state index in [1.54, 1.807) is 0 Å². The molecule has 22 heavy (non-hydrogen) atoms. The molecule has 0 unspecified atom stereocenters. The fraction of sp³-hybridized carbons (Fsp3) is 0.500. The van der Waals surface area contributed by atoms with Crippen LogP contribution in [0.5, 0.6) is 5.75 Å². The summed E-state index contributed by atoms with van der Waals surface area (Å²) in [4.78, 5) is 6.77. The second kappa shape index (κ2) is 5.89. The van der Waals surface area contributed by atoms with E-state index < -0.39 is 0 Å². The lowest BCUT2D eigenvalue weighted by atomic mass is 10.3. The Morgan fingerprint density at radius 2 is 2.14 bits per heavy atom. The van der Waals surface area contributed by atoms with Crippen LogP contribution in [0.4, 0.5) is 0 Å². The lowest BCUT2D eigenvalue weighted by molar-refractivity contribution is 0.196. The van der Waals surface area contributed by atoms with Crippen LogP contribution in [0.2, 0.25) is 5.02 Å². The molecular weight excluding hydrogens is 302 g/mol. The van der Waals surface area contributed by atoms with E-state index >= 15 is 0 Å². The van der Waals surface area contributed by atoms with Gasteiger partial charge in [-0.2, -0.15) is 4.98 Å². The van der Waals surface area contributed by atoms with Crippen LogP contribution in [0.3, 0.4) is 0 Å². The summed E-state index contributed by atoms with van der Waals surface area (Å²) in [5, 5.41) is 4.73. The maximum Gasteiger partial charge on any atom is 0.229 e. The lowest BCUT2D eigenvalue weighted by Crippen LogP contribution is -2.25. The van der Waals surface area contributed by atoms with Crippen molar-refractivity contribution in [3.8, 4) is 5.75 Å². The van der Waals surface area contributed by atoms with Crippen molar-refractivity contribution >= 4 is 11.6 Å². The lowest BCUT2D eigenvalue weighted by Gasteiger charge is -2.16. The van der Waals surface area contributed by atoms with Crippen LogP contribution in [-0.4, -0.2) is 34.2 Å². The third-order valence-corrected chi connectivity index (χ3v) is 4.45. The quantitative estimate of drug-likeness (QED) is 0.846. The molecule has 2 heterocycles. The number of nitrogens with zero attached hydrogens (tertiary/aromatic N) is 3. The first-order valence-electron chi connectivity index (χ1n) is 7.74. The maximum atomic E-state index is 6.14. The average Bonchev–Trinajstić information content (AvgIpc) is 3.11. The Balaban J connectivity index is 1.33. The van der Waals surface area contributed by atoms with Crippen molar-refractivity contribution in [2.45, 2.75) is 37.8 Å². The molecule has 2 aromatic rings. The summed E-state index contributed by atoms with van der Waals surface area (Å²) in [7, 11) is 0. The number of para-hydroxylation sites is 1. The zero-order valence-electron chi connectivity index (χ0n) is 12.2. The Bertz CT molecular complexity index is 656. The van der Waals surface area contributed by atoms with Crippen molar-refractivity contribution in [2.24, 2.45) is 0 Å². The highest BCUT2D eigenvalue weighted by atomic mass is 35.5. The van der Waals surface area contributed by atoms with Gasteiger partial charge < -0.3 is 9.26 Å². The Morgan fingerprint density at radius 1 is 1.27 bits per heavy atom. The van der Waals surface area contributed by atoms with Gasteiger partial charge in [0.2, 0.25) is 5.89 Å². The number of benzene rings is 1. The molecule has 2 aliphatic rings. The van der Waals surface area contributed by atoms with Gasteiger partial charge >= 0.3 is 0 Å². The normalized spacial score (nSPS) is 22.1. The molecule has 116 valence electrons. The van der Waals surface area contributed by atoms with Gasteiger partial charge in [0.05, 0.1) is 11.6 Å². The Hall–Kier alpha value is -1.59. The highest BCUT2D eigenvalue weighted by Gasteiger charge is 2.30. The minimum atomic E-state index is 0.162. The third kappa shape index (κ3) is 3.10. The van der Waals surface area contributed by atoms with Crippen molar-refractivity contribution in [1.29, 1.82) is 0 Å². The number of halogens is 1. The number of rotatable bonds is 5. The fourth-order valence-corrected chi connectivity index (χ4v) is 2.96. The van der Waals surface area contributed by atoms with Gasteiger partial charge in [0.25, 0.3) is 0 Å². The monoisotopic (exact) mass is 319 g/mol. The first-order valence-corrected chi connectivity index (χ1v) is 8.12. The van der Waals surface area contributed by atoms with Gasteiger partial charge in [0.15, 0.2) is 5.82 Å². The van der Waals surface area contributed by atoms with Gasteiger partial charge in [-0.25, -0.2) is 0 Å². The molecule has 0 N–H and O–H groups in total. The van der Waals surface area contributed by atoms with Crippen molar-refractivity contribution in [2.75, 3.05) is 13.1 Å². The minimum absolute atomic E-state index is 0.162. The van der Waals surface area contributed by atoms with Crippen LogP contribution in [0.15, 0.2) is 28.8 Å². The molecule has 1 atom stereocenters. The van der Waals surface area contributed by atoms with Gasteiger partial charge in [-0.15, -0.1) is 0 Å². The highest BCUT2D eigenvalue weighted by molar-refractivity contribution is 6.32. The van der Waals surface area contributed by atoms with E-state index in [1.165, 1.54) is 12.8 Å². The molecule has 1 saturated heterocycles. The molecule has 2 fully saturated rings. The van der Waals surface area contributed by atoms with Gasteiger partial charge in [0, 0.05) is 19.0 Å². The van der Waals surface area contributed by atoms with Crippen LogP contribution in [-0.2, 0) is 6.54 Å². The number of aromatic nitrogens is 2. The number of ether oxygens (including phenoxy) is 1. The smallest absolute Gasteiger partial charge is 0.229 e. The predicted octanol–water partition coefficient (Wildman–Crippen LogP) is 3.25. The van der Waals surface area contributed by atoms with E-state index in [4.69, 9.17) is 20.9 Å². The molecule has 1 aromatic carbocycles. The molecule has 0 spiro atoms. The van der Waals surface area contributed by atoms with E-state index in [1.807, 2.05) is 24.3 Å². The summed E-state index contributed by atoms with van der Waals surface area (Å²) in [6, 6.07) is 7.60. The Kier molecular flexibility index (Phi) is 3.76. The Labute approximate surface area is 134 Å². The van der Waals surface area contributed by atoms with Crippen molar-refractivity contribution < 1.29 is 9.26 Å². The summed E-state index contributed by atoms with van der Waals surface area (Å²) >= 11 is 6.14. The zero-order chi connectivity index (χ0) is 14.9. The number of hydrogen-bond acceptors (Lipinski definition) is 5. The van der Waals surface area contributed by atoms with Gasteiger partial charge in [0.1, 0.15) is 11.9 Å². The van der Waals surface area contributed by atoms with Gasteiger partial charge in [-0.3, -0.25) is 4.90 Å². The van der Waals surface area contributed by atoms with Gasteiger partial charge in [-0.05, 0) is 31.4 Å². The molecule has 6 heteroatoms. The molecule has 0 bridgehead atoms. The van der Waals surface area contributed by atoms with Crippen LogP contribution in [0, 0.1) is 0 Å². The average molecular weight is 320 g/mol. The Morgan fingerprint density at radius 3 is 2.95 bits per heavy atom. The van der Waals surface area contributed by atoms with E-state index in [9.17, 15) is 0 Å². The summed E-state index contributed by atoms with van der Waals surface area (Å²) in [6.45, 7) is 2.56. The molecule has 1 aliphatic carbocycles. The van der Waals surface area contributed by atoms with Crippen LogP contribution < -0.4 is 4.74 Å². The summed E-state index contributed by atoms with van der Waals surface area (Å²) in [5.74, 6) is 2.85. The second-order valence-electron chi connectivity index (χ2n) is 6.02. The summed E-state index contributed by atoms with van der Waals surface area (Å²) in [6.07, 6.45) is 3.51. The zero-order valence-corrected chi connectivity index (χ0v) is 13.0. The minimum Gasteiger partial charge on any atom is -0.487 e. The molecular formula is C16H18ClN3O2. The van der Waals surface area contributed by atoms with E-state index in [0.717, 1.165) is 43.5 Å². The predicted molar refractivity (Wildman–Crippen MR) is 82.0 cm³/mol. The maximum absolute atomic E-state index is 6.14. The van der Waals surface area contributed by atoms with Crippen molar-refractivity contribution in [1.82, 2.24) is 15.0 Å². The molecule has 4 rings (SSSR count). The SMILES string of the molecule is Clc1ccccc1O[C@@H]1CCN(Cc2noc(C3CC3)n2)C1. The third-order valence-electron chi connectivity index (χ3n) is 4.13. The number of hydrogen-bond donors (Lipinski definition) is 0. The van der Waals surface area contributed by atoms with E-state index in [2.05, 4.69) is 15.0 Å². The van der Waals surface area contributed by atoms with Crippen LogP contribution in [0.25, 0.3) is 0 Å². The van der Waals surface area contributed by atoms with Crippen molar-refractivity contribution in [3.63, 3.8) is 0 Å². The first-order chi connectivity index (χ1) is 10.8. The van der Waals surface area contributed by atoms with Crippen molar-refractivity contribution in [3.05, 3.63) is 41.0 Å². The standard InChI is InChI=1S/C16H18ClN3O2/c17-13-3-1-2-4-14(13)21-12-7-8-20(9-12)10-15-18-16(22-19-15)11-5-6-11/h1-4,11-12H,5-10H2/t12-/m1/s1. The molecule has 1 aliphatic heterocycles. The summed E-state index contributed by atoms with van der Waals surface area (Å²) in [5.41, 5.74) is 0. The van der Waals surface area contributed by atoms with Crippen LogP contribution >= 0.6 is 11.6 Å². The largest absolute Gasteiger partial charge is 0.487 e. The first kappa shape index (κ1) is 14.0. The molecule has 0 radical (unpaired) electrons. The molecule has 1 aromatic heterocycles.